The fourth-order valence-corrected chi connectivity index (χ4v) is 4.03. The van der Waals surface area contributed by atoms with Gasteiger partial charge in [0.2, 0.25) is 5.75 Å². The summed E-state index contributed by atoms with van der Waals surface area (Å²) in [6.45, 7) is 4.99. The van der Waals surface area contributed by atoms with E-state index in [-0.39, 0.29) is 24.5 Å². The number of benzene rings is 2. The average Bonchev–Trinajstić information content (AvgIpc) is 3.14. The fourth-order valence-electron chi connectivity index (χ4n) is 4.03. The van der Waals surface area contributed by atoms with Gasteiger partial charge >= 0.3 is 0 Å². The third-order valence-electron chi connectivity index (χ3n) is 5.79. The van der Waals surface area contributed by atoms with E-state index in [0.717, 1.165) is 0 Å². The number of ketones is 1. The van der Waals surface area contributed by atoms with E-state index < -0.39 is 17.7 Å². The molecule has 9 heteroatoms. The number of aliphatic hydroxyl groups excluding tert-OH is 1. The lowest BCUT2D eigenvalue weighted by Crippen LogP contribution is -2.32. The number of methoxy groups -OCH3 is 4. The van der Waals surface area contributed by atoms with Gasteiger partial charge in [0.05, 0.1) is 46.2 Å². The molecule has 1 fully saturated rings. The summed E-state index contributed by atoms with van der Waals surface area (Å²) in [5.41, 5.74) is 0.855. The Bertz CT molecular complexity index is 1100. The molecule has 1 amide bonds. The molecule has 1 saturated heterocycles. The molecule has 9 nitrogen and oxygen atoms in total. The van der Waals surface area contributed by atoms with Crippen LogP contribution in [0.5, 0.6) is 23.0 Å². The second kappa shape index (κ2) is 11.8. The van der Waals surface area contributed by atoms with Crippen molar-refractivity contribution in [2.75, 3.05) is 48.2 Å². The molecule has 36 heavy (non-hydrogen) atoms. The predicted octanol–water partition coefficient (Wildman–Crippen LogP) is 3.82. The summed E-state index contributed by atoms with van der Waals surface area (Å²) in [5.74, 6) is 0.275. The standard InChI is InChI=1S/C27H33NO8/c1-16(2)15-36-19-9-7-17(8-10-19)24(29)22-23(28(11-12-32-3)27(31)25(22)30)18-13-20(33-4)26(35-6)21(14-18)34-5/h7-10,13-14,16,23,29H,11-12,15H2,1-6H3/b24-22+/t23-/m1/s1. The van der Waals surface area contributed by atoms with E-state index in [2.05, 4.69) is 0 Å². The van der Waals surface area contributed by atoms with Crippen molar-refractivity contribution in [3.05, 3.63) is 53.1 Å². The monoisotopic (exact) mass is 499 g/mol. The molecular weight excluding hydrogens is 466 g/mol. The largest absolute Gasteiger partial charge is 0.507 e. The number of likely N-dealkylation sites (tertiary alicyclic amines) is 1. The van der Waals surface area contributed by atoms with Gasteiger partial charge in [-0.15, -0.1) is 0 Å². The van der Waals surface area contributed by atoms with Gasteiger partial charge in [0, 0.05) is 19.2 Å². The summed E-state index contributed by atoms with van der Waals surface area (Å²) in [6.07, 6.45) is 0. The number of hydrogen-bond acceptors (Lipinski definition) is 8. The summed E-state index contributed by atoms with van der Waals surface area (Å²) in [6, 6.07) is 9.16. The fraction of sp³-hybridized carbons (Fsp3) is 0.407. The topological polar surface area (TPSA) is 104 Å². The molecule has 0 saturated carbocycles. The number of hydrogen-bond donors (Lipinski definition) is 1. The molecule has 2 aromatic carbocycles. The lowest BCUT2D eigenvalue weighted by molar-refractivity contribution is -0.140. The van der Waals surface area contributed by atoms with Gasteiger partial charge in [0.25, 0.3) is 11.7 Å². The molecule has 0 radical (unpaired) electrons. The van der Waals surface area contributed by atoms with Crippen molar-refractivity contribution >= 4 is 17.4 Å². The van der Waals surface area contributed by atoms with Crippen molar-refractivity contribution in [1.82, 2.24) is 4.90 Å². The summed E-state index contributed by atoms with van der Waals surface area (Å²) in [4.78, 5) is 27.6. The summed E-state index contributed by atoms with van der Waals surface area (Å²) >= 11 is 0. The van der Waals surface area contributed by atoms with Gasteiger partial charge in [-0.05, 0) is 47.9 Å². The minimum atomic E-state index is -0.897. The lowest BCUT2D eigenvalue weighted by atomic mass is 9.94. The Hall–Kier alpha value is -3.72. The van der Waals surface area contributed by atoms with E-state index in [1.54, 1.807) is 36.4 Å². The predicted molar refractivity (Wildman–Crippen MR) is 134 cm³/mol. The summed E-state index contributed by atoms with van der Waals surface area (Å²) < 4.78 is 27.2. The number of ether oxygens (including phenoxy) is 5. The average molecular weight is 500 g/mol. The van der Waals surface area contributed by atoms with Crippen molar-refractivity contribution < 1.29 is 38.4 Å². The number of nitrogens with zero attached hydrogens (tertiary/aromatic N) is 1. The van der Waals surface area contributed by atoms with E-state index in [9.17, 15) is 14.7 Å². The normalized spacial score (nSPS) is 17.0. The first kappa shape index (κ1) is 26.9. The van der Waals surface area contributed by atoms with E-state index in [0.29, 0.717) is 46.6 Å². The SMILES string of the molecule is COCCN1C(=O)C(=O)/C(=C(/O)c2ccc(OCC(C)C)cc2)[C@H]1c1cc(OC)c(OC)c(OC)c1. The van der Waals surface area contributed by atoms with E-state index >= 15 is 0 Å². The van der Waals surface area contributed by atoms with Gasteiger partial charge in [0.15, 0.2) is 11.5 Å². The smallest absolute Gasteiger partial charge is 0.295 e. The molecule has 0 bridgehead atoms. The minimum absolute atomic E-state index is 0.0405. The molecular formula is C27H33NO8. The van der Waals surface area contributed by atoms with Crippen LogP contribution in [0.25, 0.3) is 5.76 Å². The van der Waals surface area contributed by atoms with Crippen molar-refractivity contribution in [3.8, 4) is 23.0 Å². The second-order valence-corrected chi connectivity index (χ2v) is 8.67. The molecule has 1 atom stereocenters. The summed E-state index contributed by atoms with van der Waals surface area (Å²) in [5, 5.41) is 11.3. The Labute approximate surface area is 211 Å². The molecule has 0 unspecified atom stereocenters. The van der Waals surface area contributed by atoms with Crippen molar-refractivity contribution in [3.63, 3.8) is 0 Å². The first-order valence-electron chi connectivity index (χ1n) is 11.6. The zero-order valence-corrected chi connectivity index (χ0v) is 21.5. The van der Waals surface area contributed by atoms with E-state index in [1.165, 1.54) is 33.3 Å². The Kier molecular flexibility index (Phi) is 8.82. The van der Waals surface area contributed by atoms with Gasteiger partial charge in [-0.1, -0.05) is 13.8 Å². The lowest BCUT2D eigenvalue weighted by Gasteiger charge is -2.26. The van der Waals surface area contributed by atoms with Crippen LogP contribution in [0.4, 0.5) is 0 Å². The number of carbonyl (C=O) groups is 2. The Balaban J connectivity index is 2.14. The van der Waals surface area contributed by atoms with Crippen LogP contribution in [0, 0.1) is 5.92 Å². The maximum absolute atomic E-state index is 13.2. The third-order valence-corrected chi connectivity index (χ3v) is 5.79. The van der Waals surface area contributed by atoms with Crippen LogP contribution in [-0.2, 0) is 14.3 Å². The van der Waals surface area contributed by atoms with Gasteiger partial charge in [0.1, 0.15) is 11.5 Å². The van der Waals surface area contributed by atoms with E-state index in [1.807, 2.05) is 13.8 Å². The van der Waals surface area contributed by atoms with Crippen LogP contribution in [0.1, 0.15) is 31.0 Å². The maximum Gasteiger partial charge on any atom is 0.295 e. The number of Topliss-reactive ketones (excluding diaryl/α,β-unsaturated/α-hetero) is 1. The highest BCUT2D eigenvalue weighted by Crippen LogP contribution is 2.45. The molecule has 0 spiro atoms. The molecule has 3 rings (SSSR count). The Morgan fingerprint density at radius 2 is 1.58 bits per heavy atom. The van der Waals surface area contributed by atoms with Crippen LogP contribution < -0.4 is 18.9 Å². The van der Waals surface area contributed by atoms with Crippen molar-refractivity contribution in [1.29, 1.82) is 0 Å². The molecule has 1 N–H and O–H groups in total. The minimum Gasteiger partial charge on any atom is -0.507 e. The maximum atomic E-state index is 13.2. The van der Waals surface area contributed by atoms with Crippen LogP contribution in [-0.4, -0.2) is 69.9 Å². The molecule has 2 aromatic rings. The molecule has 194 valence electrons. The Morgan fingerprint density at radius 3 is 2.08 bits per heavy atom. The van der Waals surface area contributed by atoms with Gasteiger partial charge in [-0.3, -0.25) is 9.59 Å². The van der Waals surface area contributed by atoms with Crippen molar-refractivity contribution in [2.24, 2.45) is 5.92 Å². The first-order chi connectivity index (χ1) is 17.3. The van der Waals surface area contributed by atoms with Gasteiger partial charge in [-0.25, -0.2) is 0 Å². The van der Waals surface area contributed by atoms with Gasteiger partial charge in [-0.2, -0.15) is 0 Å². The number of aliphatic hydroxyl groups is 1. The van der Waals surface area contributed by atoms with Crippen LogP contribution in [0.15, 0.2) is 42.0 Å². The van der Waals surface area contributed by atoms with Crippen LogP contribution >= 0.6 is 0 Å². The third kappa shape index (κ3) is 5.41. The Morgan fingerprint density at radius 1 is 0.972 bits per heavy atom. The summed E-state index contributed by atoms with van der Waals surface area (Å²) in [7, 11) is 5.95. The highest BCUT2D eigenvalue weighted by atomic mass is 16.5. The van der Waals surface area contributed by atoms with E-state index in [4.69, 9.17) is 23.7 Å². The van der Waals surface area contributed by atoms with Crippen molar-refractivity contribution in [2.45, 2.75) is 19.9 Å². The highest BCUT2D eigenvalue weighted by molar-refractivity contribution is 6.46. The highest BCUT2D eigenvalue weighted by Gasteiger charge is 2.46. The zero-order valence-electron chi connectivity index (χ0n) is 21.5. The second-order valence-electron chi connectivity index (χ2n) is 8.67. The molecule has 0 aromatic heterocycles. The quantitative estimate of drug-likeness (QED) is 0.283. The number of amides is 1. The first-order valence-corrected chi connectivity index (χ1v) is 11.6. The molecule has 1 aliphatic rings. The van der Waals surface area contributed by atoms with Crippen LogP contribution in [0.2, 0.25) is 0 Å². The zero-order chi connectivity index (χ0) is 26.4. The van der Waals surface area contributed by atoms with Crippen LogP contribution in [0.3, 0.4) is 0 Å². The number of carbonyl (C=O) groups excluding carboxylic acids is 2. The molecule has 1 aliphatic heterocycles. The molecule has 0 aliphatic carbocycles. The number of rotatable bonds is 11. The van der Waals surface area contributed by atoms with Gasteiger partial charge < -0.3 is 33.7 Å². The molecule has 1 heterocycles.